The highest BCUT2D eigenvalue weighted by molar-refractivity contribution is 7.89. The molecule has 0 aliphatic carbocycles. The minimum Gasteiger partial charge on any atom is -0.325 e. The second-order valence-corrected chi connectivity index (χ2v) is 5.80. The molecule has 2 aromatic rings. The second-order valence-electron chi connectivity index (χ2n) is 4.10. The Kier molecular flexibility index (Phi) is 3.69. The van der Waals surface area contributed by atoms with Crippen LogP contribution in [0.15, 0.2) is 17.2 Å². The van der Waals surface area contributed by atoms with Crippen LogP contribution >= 0.6 is 0 Å². The molecular formula is C10H16N6O2S. The summed E-state index contributed by atoms with van der Waals surface area (Å²) < 4.78 is 28.6. The molecule has 104 valence electrons. The van der Waals surface area contributed by atoms with E-state index >= 15 is 0 Å². The summed E-state index contributed by atoms with van der Waals surface area (Å²) >= 11 is 0. The van der Waals surface area contributed by atoms with Gasteiger partial charge in [0.1, 0.15) is 4.90 Å². The number of nitrogens with two attached hydrogens (primary N) is 1. The number of hydrogen-bond acceptors (Lipinski definition) is 5. The lowest BCUT2D eigenvalue weighted by Crippen LogP contribution is -2.26. The molecule has 9 heteroatoms. The predicted octanol–water partition coefficient (Wildman–Crippen LogP) is -0.611. The van der Waals surface area contributed by atoms with Crippen LogP contribution < -0.4 is 10.5 Å². The summed E-state index contributed by atoms with van der Waals surface area (Å²) in [5.41, 5.74) is 7.05. The van der Waals surface area contributed by atoms with Gasteiger partial charge in [-0.2, -0.15) is 10.2 Å². The molecule has 8 nitrogen and oxygen atoms in total. The van der Waals surface area contributed by atoms with Crippen LogP contribution in [0.3, 0.4) is 0 Å². The van der Waals surface area contributed by atoms with Gasteiger partial charge in [-0.3, -0.25) is 9.78 Å². The first-order valence-electron chi connectivity index (χ1n) is 5.66. The lowest BCUT2D eigenvalue weighted by Gasteiger charge is -2.07. The Morgan fingerprint density at radius 3 is 2.84 bits per heavy atom. The van der Waals surface area contributed by atoms with Crippen molar-refractivity contribution < 1.29 is 8.42 Å². The summed E-state index contributed by atoms with van der Waals surface area (Å²) in [6.07, 6.45) is 1.61. The molecule has 0 unspecified atom stereocenters. The van der Waals surface area contributed by atoms with Crippen LogP contribution in [0.1, 0.15) is 17.1 Å². The highest BCUT2D eigenvalue weighted by Gasteiger charge is 2.23. The van der Waals surface area contributed by atoms with Crippen molar-refractivity contribution in [3.63, 3.8) is 0 Å². The Morgan fingerprint density at radius 1 is 1.53 bits per heavy atom. The molecule has 2 rings (SSSR count). The van der Waals surface area contributed by atoms with Crippen LogP contribution in [0.4, 0.5) is 0 Å². The van der Waals surface area contributed by atoms with Gasteiger partial charge in [-0.1, -0.05) is 0 Å². The van der Waals surface area contributed by atoms with Gasteiger partial charge in [0.15, 0.2) is 0 Å². The Bertz CT molecular complexity index is 672. The molecular weight excluding hydrogens is 268 g/mol. The smallest absolute Gasteiger partial charge is 0.244 e. The summed E-state index contributed by atoms with van der Waals surface area (Å²) in [6.45, 7) is 1.87. The van der Waals surface area contributed by atoms with Crippen LogP contribution in [0.2, 0.25) is 0 Å². The van der Waals surface area contributed by atoms with Gasteiger partial charge in [0.25, 0.3) is 0 Å². The van der Waals surface area contributed by atoms with Gasteiger partial charge in [0, 0.05) is 19.8 Å². The summed E-state index contributed by atoms with van der Waals surface area (Å²) in [5, 5.41) is 10.5. The number of sulfonamides is 1. The second kappa shape index (κ2) is 5.11. The monoisotopic (exact) mass is 284 g/mol. The van der Waals surface area contributed by atoms with Crippen molar-refractivity contribution in [3.05, 3.63) is 29.3 Å². The van der Waals surface area contributed by atoms with Crippen LogP contribution in [0, 0.1) is 6.92 Å². The average Bonchev–Trinajstić information content (AvgIpc) is 2.93. The fourth-order valence-electron chi connectivity index (χ4n) is 1.78. The van der Waals surface area contributed by atoms with Gasteiger partial charge in [-0.05, 0) is 13.0 Å². The van der Waals surface area contributed by atoms with Crippen molar-refractivity contribution in [2.24, 2.45) is 12.8 Å². The zero-order chi connectivity index (χ0) is 14.0. The minimum absolute atomic E-state index is 0.0618. The molecule has 0 aromatic carbocycles. The molecule has 0 saturated heterocycles. The topological polar surface area (TPSA) is 119 Å². The van der Waals surface area contributed by atoms with Crippen molar-refractivity contribution >= 4 is 10.0 Å². The molecule has 2 heterocycles. The van der Waals surface area contributed by atoms with Gasteiger partial charge in [-0.15, -0.1) is 0 Å². The molecule has 0 amide bonds. The lowest BCUT2D eigenvalue weighted by atomic mass is 10.4. The maximum absolute atomic E-state index is 12.2. The predicted molar refractivity (Wildman–Crippen MR) is 68.4 cm³/mol. The fourth-order valence-corrected chi connectivity index (χ4v) is 3.15. The van der Waals surface area contributed by atoms with Gasteiger partial charge >= 0.3 is 0 Å². The van der Waals surface area contributed by atoms with Gasteiger partial charge in [0.05, 0.1) is 23.6 Å². The van der Waals surface area contributed by atoms with Crippen molar-refractivity contribution in [3.8, 4) is 0 Å². The first-order chi connectivity index (χ1) is 8.95. The Hall–Kier alpha value is -1.71. The van der Waals surface area contributed by atoms with Gasteiger partial charge < -0.3 is 5.73 Å². The molecule has 19 heavy (non-hydrogen) atoms. The van der Waals surface area contributed by atoms with Crippen molar-refractivity contribution in [2.45, 2.75) is 24.9 Å². The Morgan fingerprint density at radius 2 is 2.26 bits per heavy atom. The zero-order valence-corrected chi connectivity index (χ0v) is 11.5. The number of aromatic amines is 1. The van der Waals surface area contributed by atoms with Crippen molar-refractivity contribution in [1.29, 1.82) is 0 Å². The highest BCUT2D eigenvalue weighted by atomic mass is 32.2. The normalized spacial score (nSPS) is 11.9. The first kappa shape index (κ1) is 13.7. The van der Waals surface area contributed by atoms with E-state index in [-0.39, 0.29) is 18.0 Å². The molecule has 2 aromatic heterocycles. The van der Waals surface area contributed by atoms with Gasteiger partial charge in [0.2, 0.25) is 10.0 Å². The molecule has 0 saturated carbocycles. The third-order valence-corrected chi connectivity index (χ3v) is 4.39. The number of aromatic nitrogens is 4. The number of nitrogens with zero attached hydrogens (tertiary/aromatic N) is 3. The van der Waals surface area contributed by atoms with Crippen LogP contribution in [-0.4, -0.2) is 28.4 Å². The molecule has 0 bridgehead atoms. The minimum atomic E-state index is -3.65. The largest absolute Gasteiger partial charge is 0.325 e. The van der Waals surface area contributed by atoms with Gasteiger partial charge in [-0.25, -0.2) is 13.1 Å². The number of nitrogens with one attached hydrogen (secondary N) is 2. The number of aryl methyl sites for hydroxylation is 2. The molecule has 0 radical (unpaired) electrons. The SMILES string of the molecule is Cc1[nH]nc(CN)c1S(=O)(=O)NCc1ccnn1C. The Balaban J connectivity index is 2.23. The van der Waals surface area contributed by atoms with E-state index in [0.717, 1.165) is 5.69 Å². The average molecular weight is 284 g/mol. The number of hydrogen-bond donors (Lipinski definition) is 3. The molecule has 0 spiro atoms. The van der Waals surface area contributed by atoms with Crippen LogP contribution in [0.25, 0.3) is 0 Å². The molecule has 0 atom stereocenters. The zero-order valence-electron chi connectivity index (χ0n) is 10.7. The first-order valence-corrected chi connectivity index (χ1v) is 7.14. The Labute approximate surface area is 111 Å². The van der Waals surface area contributed by atoms with E-state index in [4.69, 9.17) is 5.73 Å². The van der Waals surface area contributed by atoms with E-state index in [9.17, 15) is 8.42 Å². The third-order valence-electron chi connectivity index (χ3n) is 2.79. The maximum atomic E-state index is 12.2. The summed E-state index contributed by atoms with van der Waals surface area (Å²) in [5.74, 6) is 0. The van der Waals surface area contributed by atoms with Crippen LogP contribution in [-0.2, 0) is 30.2 Å². The van der Waals surface area contributed by atoms with E-state index in [1.807, 2.05) is 0 Å². The number of H-pyrrole nitrogens is 1. The van der Waals surface area contributed by atoms with Crippen molar-refractivity contribution in [2.75, 3.05) is 0 Å². The standard InChI is InChI=1S/C10H16N6O2S/c1-7-10(9(5-11)15-14-7)19(17,18)13-6-8-3-4-12-16(8)2/h3-4,13H,5-6,11H2,1-2H3,(H,14,15). The maximum Gasteiger partial charge on any atom is 0.244 e. The van der Waals surface area contributed by atoms with E-state index < -0.39 is 10.0 Å². The third kappa shape index (κ3) is 2.67. The molecule has 0 aliphatic rings. The number of rotatable bonds is 5. The summed E-state index contributed by atoms with van der Waals surface area (Å²) in [4.78, 5) is 0.122. The molecule has 4 N–H and O–H groups in total. The molecule has 0 fully saturated rings. The van der Waals surface area contributed by atoms with E-state index in [1.165, 1.54) is 0 Å². The van der Waals surface area contributed by atoms with E-state index in [0.29, 0.717) is 11.4 Å². The quantitative estimate of drug-likeness (QED) is 0.676. The van der Waals surface area contributed by atoms with Crippen molar-refractivity contribution in [1.82, 2.24) is 24.7 Å². The summed E-state index contributed by atoms with van der Waals surface area (Å²) in [7, 11) is -1.90. The van der Waals surface area contributed by atoms with E-state index in [1.54, 1.807) is 30.9 Å². The lowest BCUT2D eigenvalue weighted by molar-refractivity contribution is 0.575. The highest BCUT2D eigenvalue weighted by Crippen LogP contribution is 2.17. The van der Waals surface area contributed by atoms with E-state index in [2.05, 4.69) is 20.0 Å². The van der Waals surface area contributed by atoms with Crippen LogP contribution in [0.5, 0.6) is 0 Å². The summed E-state index contributed by atoms with van der Waals surface area (Å²) in [6, 6.07) is 1.74. The fraction of sp³-hybridized carbons (Fsp3) is 0.400. The molecule has 0 aliphatic heterocycles.